The Morgan fingerprint density at radius 2 is 0.604 bits per heavy atom. The van der Waals surface area contributed by atoms with Crippen LogP contribution in [0.15, 0.2) is 255 Å². The van der Waals surface area contributed by atoms with Gasteiger partial charge in [-0.15, -0.1) is 0 Å². The third kappa shape index (κ3) is 18.2. The van der Waals surface area contributed by atoms with Crippen molar-refractivity contribution in [2.45, 2.75) is 118 Å². The van der Waals surface area contributed by atoms with Crippen LogP contribution in [0.4, 0.5) is 0 Å². The Hall–Kier alpha value is -12.3. The minimum atomic E-state index is -0.275. The quantitative estimate of drug-likeness (QED) is 0.0703. The number of amides is 4. The number of carbonyl (C=O) groups excluding carboxylic acids is 4. The van der Waals surface area contributed by atoms with Gasteiger partial charge in [0.15, 0.2) is 0 Å². The number of nitrogens with zero attached hydrogens (tertiary/aromatic N) is 12. The van der Waals surface area contributed by atoms with Crippen molar-refractivity contribution < 1.29 is 38.1 Å². The zero-order chi connectivity index (χ0) is 73.6. The number of aromatic nitrogens is 8. The van der Waals surface area contributed by atoms with Crippen molar-refractivity contribution in [2.75, 3.05) is 26.2 Å². The summed E-state index contributed by atoms with van der Waals surface area (Å²) in [4.78, 5) is 59.2. The first-order valence-electron chi connectivity index (χ1n) is 35.8. The zero-order valence-corrected chi connectivity index (χ0v) is 60.8. The van der Waals surface area contributed by atoms with E-state index in [1.54, 1.807) is 9.36 Å². The fourth-order valence-corrected chi connectivity index (χ4v) is 13.3. The number of benzene rings is 8. The molecule has 20 heteroatoms. The van der Waals surface area contributed by atoms with Crippen LogP contribution in [0.25, 0.3) is 0 Å². The molecule has 16 rings (SSSR count). The second-order valence-electron chi connectivity index (χ2n) is 28.1. The first-order chi connectivity index (χ1) is 51.4. The number of para-hydroxylation sites is 3. The summed E-state index contributed by atoms with van der Waals surface area (Å²) in [6, 6.07) is 82.7. The molecule has 106 heavy (non-hydrogen) atoms. The fourth-order valence-electron chi connectivity index (χ4n) is 13.3. The number of aryl methyl sites for hydroxylation is 2. The van der Waals surface area contributed by atoms with Crippen LogP contribution in [0.5, 0.6) is 23.0 Å². The van der Waals surface area contributed by atoms with Crippen LogP contribution >= 0.6 is 0 Å². The molecule has 8 aromatic carbocycles. The van der Waals surface area contributed by atoms with Crippen LogP contribution in [0, 0.1) is 13.8 Å². The molecule has 0 fully saturated rings. The summed E-state index contributed by atoms with van der Waals surface area (Å²) < 4.78 is 30.4. The smallest absolute Gasteiger partial charge is 0.272 e. The van der Waals surface area contributed by atoms with Crippen molar-refractivity contribution in [2.24, 2.45) is 0 Å². The Bertz CT molecular complexity index is 4770. The van der Waals surface area contributed by atoms with E-state index in [0.717, 1.165) is 73.6 Å². The molecular weight excluding hydrogens is 1330 g/mol. The Kier molecular flexibility index (Phi) is 22.4. The number of hydrogen-bond acceptors (Lipinski definition) is 12. The maximum absolute atomic E-state index is 13.0. The van der Waals surface area contributed by atoms with E-state index < -0.39 is 0 Å². The third-order valence-corrected chi connectivity index (χ3v) is 18.6. The lowest BCUT2D eigenvalue weighted by Crippen LogP contribution is -2.50. The lowest BCUT2D eigenvalue weighted by molar-refractivity contribution is 0.0550. The maximum Gasteiger partial charge on any atom is 0.272 e. The summed E-state index contributed by atoms with van der Waals surface area (Å²) in [6.07, 6.45) is 0. The lowest BCUT2D eigenvalue weighted by Gasteiger charge is -2.38. The molecule has 4 aliphatic rings. The molecule has 4 aromatic heterocycles. The SMILES string of the molecule is CC1(C)CN(Cc2ccccc2)C(=O)c2cc(COc3ccccc3)nn21.CC1(C)CN(Cc2ccccc2)C(=O)c2cc(COc3ccccc3)nn21.Cc1ccc(CN2CCn3nc(COc4ccccc4)cc3C2=O)cc1.Cc1cccc(OCc2cc3n(n2)CCN(Cc2ccccc2)C3=O)c1. The van der Waals surface area contributed by atoms with E-state index in [2.05, 4.69) is 79.3 Å². The highest BCUT2D eigenvalue weighted by atomic mass is 16.5. The Labute approximate surface area is 618 Å². The molecule has 0 bridgehead atoms. The topological polar surface area (TPSA) is 189 Å². The van der Waals surface area contributed by atoms with Crippen molar-refractivity contribution in [1.82, 2.24) is 58.7 Å². The number of carbonyl (C=O) groups is 4. The molecule has 0 radical (unpaired) electrons. The van der Waals surface area contributed by atoms with E-state index in [0.29, 0.717) is 115 Å². The fraction of sp³-hybridized carbons (Fsp3) is 0.256. The van der Waals surface area contributed by atoms with Gasteiger partial charge >= 0.3 is 0 Å². The summed E-state index contributed by atoms with van der Waals surface area (Å²) in [7, 11) is 0. The molecule has 4 aliphatic heterocycles. The Balaban J connectivity index is 0.000000125. The standard InChI is InChI=1S/2C22H23N3O2.2C21H21N3O2/c2*1-22(2)16-24(14-17-9-5-3-6-10-17)21(26)20-13-18(23-25(20)22)15-27-19-11-7-4-8-12-19;1-16-6-5-9-19(12-16)26-15-18-13-20-21(25)23(10-11-24(20)22-18)14-17-7-3-2-4-8-17;1-16-7-9-17(10-8-16)14-23-11-12-24-20(21(23)25)13-18(22-24)15-26-19-5-3-2-4-6-19/h2*3-13H,14-16H2,1-2H3;2-9,12-13H,10-11,14-15H2,1H3;2-10,13H,11-12,14-15H2,1H3. The molecule has 0 N–H and O–H groups in total. The molecule has 20 nitrogen and oxygen atoms in total. The van der Waals surface area contributed by atoms with Gasteiger partial charge < -0.3 is 38.5 Å². The zero-order valence-electron chi connectivity index (χ0n) is 60.8. The van der Waals surface area contributed by atoms with Gasteiger partial charge in [0.1, 0.15) is 95.0 Å². The molecule has 540 valence electrons. The highest BCUT2D eigenvalue weighted by Gasteiger charge is 2.40. The maximum atomic E-state index is 13.0. The second-order valence-corrected chi connectivity index (χ2v) is 28.1. The minimum Gasteiger partial charge on any atom is -0.487 e. The van der Waals surface area contributed by atoms with E-state index >= 15 is 0 Å². The molecule has 0 atom stereocenters. The lowest BCUT2D eigenvalue weighted by atomic mass is 10.0. The van der Waals surface area contributed by atoms with Crippen LogP contribution in [0.1, 0.15) is 126 Å². The molecule has 4 amide bonds. The molecule has 0 aliphatic carbocycles. The van der Waals surface area contributed by atoms with Crippen molar-refractivity contribution in [3.8, 4) is 23.0 Å². The monoisotopic (exact) mass is 1420 g/mol. The molecule has 8 heterocycles. The molecule has 0 unspecified atom stereocenters. The summed E-state index contributed by atoms with van der Waals surface area (Å²) in [5, 5.41) is 18.3. The van der Waals surface area contributed by atoms with Gasteiger partial charge in [0.25, 0.3) is 23.6 Å². The van der Waals surface area contributed by atoms with Gasteiger partial charge in [0.2, 0.25) is 0 Å². The summed E-state index contributed by atoms with van der Waals surface area (Å²) in [5.74, 6) is 3.26. The average molecular weight is 1420 g/mol. The van der Waals surface area contributed by atoms with E-state index in [9.17, 15) is 19.2 Å². The molecule has 0 saturated heterocycles. The summed E-state index contributed by atoms with van der Waals surface area (Å²) >= 11 is 0. The van der Waals surface area contributed by atoms with Crippen LogP contribution in [-0.2, 0) is 76.8 Å². The van der Waals surface area contributed by atoms with E-state index in [4.69, 9.17) is 18.9 Å². The normalized spacial score (nSPS) is 14.5. The number of ether oxygens (including phenoxy) is 4. The Morgan fingerprint density at radius 1 is 0.302 bits per heavy atom. The van der Waals surface area contributed by atoms with Crippen molar-refractivity contribution in [3.63, 3.8) is 0 Å². The number of hydrogen-bond donors (Lipinski definition) is 0. The van der Waals surface area contributed by atoms with Gasteiger partial charge in [0.05, 0.1) is 24.2 Å². The van der Waals surface area contributed by atoms with Gasteiger partial charge in [0, 0.05) is 52.4 Å². The van der Waals surface area contributed by atoms with E-state index in [1.807, 2.05) is 266 Å². The summed E-state index contributed by atoms with van der Waals surface area (Å²) in [6.45, 7) is 20.4. The van der Waals surface area contributed by atoms with Gasteiger partial charge in [-0.05, 0) is 142 Å². The highest BCUT2D eigenvalue weighted by molar-refractivity contribution is 5.95. The van der Waals surface area contributed by atoms with Gasteiger partial charge in [-0.3, -0.25) is 37.9 Å². The van der Waals surface area contributed by atoms with Gasteiger partial charge in [-0.2, -0.15) is 20.4 Å². The van der Waals surface area contributed by atoms with E-state index in [-0.39, 0.29) is 34.7 Å². The molecular formula is C86H88N12O8. The number of rotatable bonds is 20. The van der Waals surface area contributed by atoms with Gasteiger partial charge in [-0.1, -0.05) is 188 Å². The van der Waals surface area contributed by atoms with E-state index in [1.165, 1.54) is 5.56 Å². The molecule has 12 aromatic rings. The largest absolute Gasteiger partial charge is 0.487 e. The molecule has 0 spiro atoms. The second kappa shape index (κ2) is 33.0. The van der Waals surface area contributed by atoms with Crippen LogP contribution < -0.4 is 18.9 Å². The minimum absolute atomic E-state index is 0.0108. The van der Waals surface area contributed by atoms with Crippen molar-refractivity contribution >= 4 is 23.6 Å². The Morgan fingerprint density at radius 3 is 0.972 bits per heavy atom. The predicted octanol–water partition coefficient (Wildman–Crippen LogP) is 14.6. The van der Waals surface area contributed by atoms with Crippen LogP contribution in [-0.4, -0.2) is 109 Å². The highest BCUT2D eigenvalue weighted by Crippen LogP contribution is 2.31. The average Bonchev–Trinajstić information content (AvgIpc) is 1.55. The predicted molar refractivity (Wildman–Crippen MR) is 405 cm³/mol. The first-order valence-corrected chi connectivity index (χ1v) is 35.8. The first kappa shape index (κ1) is 72.0. The third-order valence-electron chi connectivity index (χ3n) is 18.6. The van der Waals surface area contributed by atoms with Gasteiger partial charge in [-0.25, -0.2) is 0 Å². The van der Waals surface area contributed by atoms with Crippen molar-refractivity contribution in [3.05, 3.63) is 334 Å². The molecule has 0 saturated carbocycles. The van der Waals surface area contributed by atoms with Crippen LogP contribution in [0.2, 0.25) is 0 Å². The number of fused-ring (bicyclic) bond motifs is 4. The van der Waals surface area contributed by atoms with Crippen LogP contribution in [0.3, 0.4) is 0 Å². The summed E-state index contributed by atoms with van der Waals surface area (Å²) in [5.41, 5.74) is 11.9. The van der Waals surface area contributed by atoms with Crippen molar-refractivity contribution in [1.29, 1.82) is 0 Å².